The second kappa shape index (κ2) is 7.74. The van der Waals surface area contributed by atoms with Crippen molar-refractivity contribution in [3.05, 3.63) is 47.9 Å². The van der Waals surface area contributed by atoms with Crippen LogP contribution in [0.4, 0.5) is 11.5 Å². The molecule has 1 amide bonds. The first-order chi connectivity index (χ1) is 10.7. The molecule has 1 heterocycles. The van der Waals surface area contributed by atoms with Gasteiger partial charge in [-0.2, -0.15) is 5.26 Å². The standard InChI is InChI=1S/C16H17N5O/c1-2-3-8-18-15-9-14(19-11-20-15)16(22)21-13-7-5-4-6-12(13)10-17/h4-7,9,11H,2-3,8H2,1H3,(H,21,22)(H,18,19,20). The molecule has 0 aliphatic carbocycles. The molecule has 0 spiro atoms. The van der Waals surface area contributed by atoms with Gasteiger partial charge in [-0.25, -0.2) is 9.97 Å². The van der Waals surface area contributed by atoms with Crippen LogP contribution in [0.5, 0.6) is 0 Å². The normalized spacial score (nSPS) is 9.82. The second-order valence-corrected chi connectivity index (χ2v) is 4.68. The Balaban J connectivity index is 2.09. The Kier molecular flexibility index (Phi) is 5.44. The van der Waals surface area contributed by atoms with Crippen LogP contribution in [0.1, 0.15) is 35.8 Å². The van der Waals surface area contributed by atoms with E-state index in [9.17, 15) is 4.79 Å². The first kappa shape index (κ1) is 15.4. The van der Waals surface area contributed by atoms with E-state index in [1.165, 1.54) is 6.33 Å². The van der Waals surface area contributed by atoms with Crippen molar-refractivity contribution in [2.24, 2.45) is 0 Å². The molecule has 0 atom stereocenters. The van der Waals surface area contributed by atoms with Crippen LogP contribution in [0.2, 0.25) is 0 Å². The van der Waals surface area contributed by atoms with E-state index in [0.717, 1.165) is 19.4 Å². The van der Waals surface area contributed by atoms with Gasteiger partial charge in [0.05, 0.1) is 11.3 Å². The number of nitrogens with zero attached hydrogens (tertiary/aromatic N) is 3. The summed E-state index contributed by atoms with van der Waals surface area (Å²) in [4.78, 5) is 20.3. The molecule has 2 rings (SSSR count). The fourth-order valence-corrected chi connectivity index (χ4v) is 1.85. The van der Waals surface area contributed by atoms with Crippen molar-refractivity contribution in [1.82, 2.24) is 9.97 Å². The van der Waals surface area contributed by atoms with Crippen LogP contribution in [0, 0.1) is 11.3 Å². The largest absolute Gasteiger partial charge is 0.370 e. The summed E-state index contributed by atoms with van der Waals surface area (Å²) in [6.45, 7) is 2.90. The van der Waals surface area contributed by atoms with E-state index in [0.29, 0.717) is 17.1 Å². The Hall–Kier alpha value is -2.94. The molecule has 0 fully saturated rings. The maximum atomic E-state index is 12.2. The number of para-hydroxylation sites is 1. The zero-order valence-corrected chi connectivity index (χ0v) is 12.3. The molecule has 6 nitrogen and oxygen atoms in total. The molecule has 112 valence electrons. The van der Waals surface area contributed by atoms with E-state index in [-0.39, 0.29) is 11.6 Å². The molecule has 1 aromatic heterocycles. The lowest BCUT2D eigenvalue weighted by Crippen LogP contribution is -2.15. The summed E-state index contributed by atoms with van der Waals surface area (Å²) >= 11 is 0. The zero-order chi connectivity index (χ0) is 15.8. The number of hydrogen-bond acceptors (Lipinski definition) is 5. The van der Waals surface area contributed by atoms with Crippen LogP contribution in [-0.4, -0.2) is 22.4 Å². The number of unbranched alkanes of at least 4 members (excludes halogenated alkanes) is 1. The second-order valence-electron chi connectivity index (χ2n) is 4.68. The lowest BCUT2D eigenvalue weighted by Gasteiger charge is -2.08. The van der Waals surface area contributed by atoms with Crippen molar-refractivity contribution in [1.29, 1.82) is 5.26 Å². The average Bonchev–Trinajstić information content (AvgIpc) is 2.56. The van der Waals surface area contributed by atoms with Crippen molar-refractivity contribution in [3.8, 4) is 6.07 Å². The number of carbonyl (C=O) groups excluding carboxylic acids is 1. The number of aromatic nitrogens is 2. The molecule has 22 heavy (non-hydrogen) atoms. The minimum absolute atomic E-state index is 0.252. The molecule has 2 N–H and O–H groups in total. The highest BCUT2D eigenvalue weighted by Gasteiger charge is 2.11. The SMILES string of the molecule is CCCCNc1cc(C(=O)Nc2ccccc2C#N)ncn1. The predicted octanol–water partition coefficient (Wildman–Crippen LogP) is 2.81. The van der Waals surface area contributed by atoms with Gasteiger partial charge in [0.25, 0.3) is 5.91 Å². The van der Waals surface area contributed by atoms with Gasteiger partial charge in [0.15, 0.2) is 0 Å². The molecule has 0 aliphatic heterocycles. The summed E-state index contributed by atoms with van der Waals surface area (Å²) < 4.78 is 0. The third kappa shape index (κ3) is 4.03. The summed E-state index contributed by atoms with van der Waals surface area (Å²) in [7, 11) is 0. The van der Waals surface area contributed by atoms with E-state index >= 15 is 0 Å². The van der Waals surface area contributed by atoms with Crippen LogP contribution in [-0.2, 0) is 0 Å². The molecule has 0 bridgehead atoms. The molecule has 2 aromatic rings. The van der Waals surface area contributed by atoms with Gasteiger partial charge >= 0.3 is 0 Å². The molecular weight excluding hydrogens is 278 g/mol. The summed E-state index contributed by atoms with van der Waals surface area (Å²) in [6.07, 6.45) is 3.46. The highest BCUT2D eigenvalue weighted by Crippen LogP contribution is 2.15. The number of hydrogen-bond donors (Lipinski definition) is 2. The van der Waals surface area contributed by atoms with Gasteiger partial charge in [-0.1, -0.05) is 25.5 Å². The molecule has 0 saturated carbocycles. The highest BCUT2D eigenvalue weighted by atomic mass is 16.1. The van der Waals surface area contributed by atoms with Crippen molar-refractivity contribution in [2.75, 3.05) is 17.2 Å². The minimum Gasteiger partial charge on any atom is -0.370 e. The van der Waals surface area contributed by atoms with Crippen LogP contribution < -0.4 is 10.6 Å². The van der Waals surface area contributed by atoms with Crippen molar-refractivity contribution in [2.45, 2.75) is 19.8 Å². The van der Waals surface area contributed by atoms with E-state index in [4.69, 9.17) is 5.26 Å². The maximum Gasteiger partial charge on any atom is 0.274 e. The number of benzene rings is 1. The van der Waals surface area contributed by atoms with Crippen molar-refractivity contribution >= 4 is 17.4 Å². The Morgan fingerprint density at radius 1 is 1.32 bits per heavy atom. The van der Waals surface area contributed by atoms with E-state index in [1.807, 2.05) is 6.07 Å². The number of nitrogens with one attached hydrogen (secondary N) is 2. The average molecular weight is 295 g/mol. The Bertz CT molecular complexity index is 693. The van der Waals surface area contributed by atoms with Gasteiger partial charge in [-0.05, 0) is 18.6 Å². The van der Waals surface area contributed by atoms with Crippen molar-refractivity contribution < 1.29 is 4.79 Å². The summed E-state index contributed by atoms with van der Waals surface area (Å²) in [5, 5.41) is 14.9. The van der Waals surface area contributed by atoms with Crippen LogP contribution in [0.15, 0.2) is 36.7 Å². The summed E-state index contributed by atoms with van der Waals surface area (Å²) in [5.41, 5.74) is 1.13. The number of amides is 1. The third-order valence-electron chi connectivity index (χ3n) is 3.03. The zero-order valence-electron chi connectivity index (χ0n) is 12.3. The first-order valence-electron chi connectivity index (χ1n) is 7.11. The monoisotopic (exact) mass is 295 g/mol. The molecule has 0 unspecified atom stereocenters. The van der Waals surface area contributed by atoms with Crippen molar-refractivity contribution in [3.63, 3.8) is 0 Å². The Morgan fingerprint density at radius 3 is 2.91 bits per heavy atom. The van der Waals surface area contributed by atoms with E-state index < -0.39 is 0 Å². The lowest BCUT2D eigenvalue weighted by molar-refractivity contribution is 0.102. The molecule has 1 aromatic carbocycles. The number of carbonyl (C=O) groups is 1. The van der Waals surface area contributed by atoms with Gasteiger partial charge in [0.1, 0.15) is 23.9 Å². The van der Waals surface area contributed by atoms with E-state index in [1.54, 1.807) is 30.3 Å². The number of anilines is 2. The number of nitriles is 1. The highest BCUT2D eigenvalue weighted by molar-refractivity contribution is 6.03. The summed E-state index contributed by atoms with van der Waals surface area (Å²) in [6, 6.07) is 10.5. The molecule has 0 radical (unpaired) electrons. The van der Waals surface area contributed by atoms with Crippen LogP contribution >= 0.6 is 0 Å². The third-order valence-corrected chi connectivity index (χ3v) is 3.03. The van der Waals surface area contributed by atoms with Gasteiger partial charge in [-0.3, -0.25) is 4.79 Å². The van der Waals surface area contributed by atoms with Gasteiger partial charge < -0.3 is 10.6 Å². The smallest absolute Gasteiger partial charge is 0.274 e. The molecule has 6 heteroatoms. The topological polar surface area (TPSA) is 90.7 Å². The quantitative estimate of drug-likeness (QED) is 0.800. The molecule has 0 aliphatic rings. The Morgan fingerprint density at radius 2 is 2.14 bits per heavy atom. The Labute approximate surface area is 129 Å². The predicted molar refractivity (Wildman–Crippen MR) is 84.5 cm³/mol. The van der Waals surface area contributed by atoms with Gasteiger partial charge in [0, 0.05) is 12.6 Å². The lowest BCUT2D eigenvalue weighted by atomic mass is 10.2. The first-order valence-corrected chi connectivity index (χ1v) is 7.11. The molecule has 0 saturated heterocycles. The fourth-order valence-electron chi connectivity index (χ4n) is 1.85. The van der Waals surface area contributed by atoms with Crippen LogP contribution in [0.3, 0.4) is 0 Å². The maximum absolute atomic E-state index is 12.2. The van der Waals surface area contributed by atoms with Gasteiger partial charge in [0.2, 0.25) is 0 Å². The fraction of sp³-hybridized carbons (Fsp3) is 0.250. The van der Waals surface area contributed by atoms with E-state index in [2.05, 4.69) is 27.5 Å². The van der Waals surface area contributed by atoms with Gasteiger partial charge in [-0.15, -0.1) is 0 Å². The summed E-state index contributed by atoms with van der Waals surface area (Å²) in [5.74, 6) is 0.241. The molecular formula is C16H17N5O. The van der Waals surface area contributed by atoms with Crippen LogP contribution in [0.25, 0.3) is 0 Å². The number of rotatable bonds is 6. The minimum atomic E-state index is -0.372.